The molecule has 0 spiro atoms. The van der Waals surface area contributed by atoms with Gasteiger partial charge in [0.2, 0.25) is 5.91 Å². The smallest absolute Gasteiger partial charge is 0.314 e. The summed E-state index contributed by atoms with van der Waals surface area (Å²) in [5.41, 5.74) is -0.620. The van der Waals surface area contributed by atoms with Crippen LogP contribution in [0.1, 0.15) is 25.3 Å². The number of hydrogen-bond acceptors (Lipinski definition) is 3. The van der Waals surface area contributed by atoms with Crippen LogP contribution < -0.4 is 5.32 Å². The number of carbonyl (C=O) groups excluding carboxylic acids is 1. The van der Waals surface area contributed by atoms with Crippen molar-refractivity contribution in [2.75, 3.05) is 13.2 Å². The summed E-state index contributed by atoms with van der Waals surface area (Å²) in [5.74, 6) is -1.30. The van der Waals surface area contributed by atoms with Crippen LogP contribution in [0.15, 0.2) is 43.2 Å². The first-order valence-corrected chi connectivity index (χ1v) is 6.79. The number of carboxylic acids is 1. The van der Waals surface area contributed by atoms with E-state index in [1.807, 2.05) is 6.07 Å². The summed E-state index contributed by atoms with van der Waals surface area (Å²) in [5, 5.41) is 12.2. The Morgan fingerprint density at radius 2 is 2.05 bits per heavy atom. The summed E-state index contributed by atoms with van der Waals surface area (Å²) in [6, 6.07) is 8.78. The second-order valence-electron chi connectivity index (χ2n) is 4.92. The minimum Gasteiger partial charge on any atom is -0.502 e. The van der Waals surface area contributed by atoms with Crippen molar-refractivity contribution in [2.24, 2.45) is 0 Å². The average Bonchev–Trinajstić information content (AvgIpc) is 2.47. The molecule has 0 aliphatic carbocycles. The molecule has 0 aromatic heterocycles. The summed E-state index contributed by atoms with van der Waals surface area (Å²) in [6.45, 7) is 5.89. The maximum atomic E-state index is 11.9. The Balaban J connectivity index is 2.61. The fourth-order valence-electron chi connectivity index (χ4n) is 1.96. The molecule has 1 amide bonds. The van der Waals surface area contributed by atoms with Gasteiger partial charge in [-0.2, -0.15) is 0 Å². The van der Waals surface area contributed by atoms with Crippen LogP contribution in [0.25, 0.3) is 0 Å². The summed E-state index contributed by atoms with van der Waals surface area (Å²) in [6.07, 6.45) is 1.89. The van der Waals surface area contributed by atoms with E-state index in [-0.39, 0.29) is 12.3 Å². The molecule has 0 aliphatic rings. The lowest BCUT2D eigenvalue weighted by Crippen LogP contribution is -2.39. The largest absolute Gasteiger partial charge is 0.502 e. The fourth-order valence-corrected chi connectivity index (χ4v) is 1.96. The van der Waals surface area contributed by atoms with Crippen molar-refractivity contribution in [3.05, 3.63) is 48.7 Å². The molecular weight excluding hydrogens is 270 g/mol. The number of carbonyl (C=O) groups is 2. The summed E-state index contributed by atoms with van der Waals surface area (Å²) >= 11 is 0. The van der Waals surface area contributed by atoms with E-state index in [0.717, 1.165) is 0 Å². The number of nitrogens with one attached hydrogen (secondary N) is 1. The van der Waals surface area contributed by atoms with Crippen molar-refractivity contribution < 1.29 is 19.4 Å². The Bertz CT molecular complexity index is 486. The number of benzene rings is 1. The topological polar surface area (TPSA) is 75.6 Å². The third-order valence-electron chi connectivity index (χ3n) is 3.28. The van der Waals surface area contributed by atoms with E-state index in [4.69, 9.17) is 4.74 Å². The van der Waals surface area contributed by atoms with Crippen molar-refractivity contribution in [1.29, 1.82) is 0 Å². The predicted molar refractivity (Wildman–Crippen MR) is 79.8 cm³/mol. The van der Waals surface area contributed by atoms with E-state index in [9.17, 15) is 14.7 Å². The number of hydrogen-bond donors (Lipinski definition) is 2. The number of ether oxygens (including phenoxy) is 1. The maximum Gasteiger partial charge on any atom is 0.314 e. The van der Waals surface area contributed by atoms with Crippen LogP contribution in [0, 0.1) is 0 Å². The van der Waals surface area contributed by atoms with Gasteiger partial charge in [0, 0.05) is 13.0 Å². The summed E-state index contributed by atoms with van der Waals surface area (Å²) < 4.78 is 4.94. The van der Waals surface area contributed by atoms with Gasteiger partial charge in [-0.15, -0.1) is 0 Å². The van der Waals surface area contributed by atoms with Gasteiger partial charge < -0.3 is 15.2 Å². The number of aliphatic carboxylic acids is 1. The second kappa shape index (κ2) is 8.09. The monoisotopic (exact) mass is 291 g/mol. The Kier molecular flexibility index (Phi) is 6.46. The van der Waals surface area contributed by atoms with Crippen molar-refractivity contribution in [2.45, 2.75) is 25.2 Å². The van der Waals surface area contributed by atoms with E-state index in [1.165, 1.54) is 6.26 Å². The molecular formula is C16H21NO4. The van der Waals surface area contributed by atoms with Gasteiger partial charge in [0.25, 0.3) is 0 Å². The SMILES string of the molecule is C=COCCCNC(=O)CC(C)(C(=O)O)c1ccccc1. The van der Waals surface area contributed by atoms with Gasteiger partial charge in [-0.1, -0.05) is 36.9 Å². The fraction of sp³-hybridized carbons (Fsp3) is 0.375. The lowest BCUT2D eigenvalue weighted by molar-refractivity contribution is -0.145. The molecule has 0 heterocycles. The Morgan fingerprint density at radius 1 is 1.38 bits per heavy atom. The van der Waals surface area contributed by atoms with Crippen LogP contribution in [0.5, 0.6) is 0 Å². The van der Waals surface area contributed by atoms with E-state index in [0.29, 0.717) is 25.1 Å². The molecule has 114 valence electrons. The minimum atomic E-state index is -1.23. The van der Waals surface area contributed by atoms with Crippen molar-refractivity contribution >= 4 is 11.9 Å². The van der Waals surface area contributed by atoms with Gasteiger partial charge >= 0.3 is 5.97 Å². The third-order valence-corrected chi connectivity index (χ3v) is 3.28. The van der Waals surface area contributed by atoms with Crippen LogP contribution in [-0.4, -0.2) is 30.1 Å². The van der Waals surface area contributed by atoms with E-state index >= 15 is 0 Å². The molecule has 0 fully saturated rings. The average molecular weight is 291 g/mol. The Morgan fingerprint density at radius 3 is 2.62 bits per heavy atom. The molecule has 0 bridgehead atoms. The van der Waals surface area contributed by atoms with E-state index in [2.05, 4.69) is 11.9 Å². The van der Waals surface area contributed by atoms with Crippen LogP contribution in [0.2, 0.25) is 0 Å². The molecule has 0 radical (unpaired) electrons. The molecule has 1 aromatic rings. The highest BCUT2D eigenvalue weighted by Gasteiger charge is 2.37. The van der Waals surface area contributed by atoms with Gasteiger partial charge in [-0.3, -0.25) is 9.59 Å². The van der Waals surface area contributed by atoms with Crippen LogP contribution in [-0.2, 0) is 19.7 Å². The quantitative estimate of drug-likeness (QED) is 0.539. The van der Waals surface area contributed by atoms with Gasteiger partial charge in [-0.25, -0.2) is 0 Å². The first kappa shape index (κ1) is 16.8. The first-order chi connectivity index (χ1) is 10.0. The Hall–Kier alpha value is -2.30. The van der Waals surface area contributed by atoms with E-state index < -0.39 is 11.4 Å². The lowest BCUT2D eigenvalue weighted by Gasteiger charge is -2.24. The van der Waals surface area contributed by atoms with Crippen molar-refractivity contribution in [3.63, 3.8) is 0 Å². The highest BCUT2D eigenvalue weighted by atomic mass is 16.5. The van der Waals surface area contributed by atoms with Crippen LogP contribution in [0.3, 0.4) is 0 Å². The molecule has 0 aliphatic heterocycles. The minimum absolute atomic E-state index is 0.103. The van der Waals surface area contributed by atoms with Gasteiger partial charge in [0.1, 0.15) is 0 Å². The molecule has 1 rings (SSSR count). The van der Waals surface area contributed by atoms with Gasteiger partial charge in [0.05, 0.1) is 18.3 Å². The molecule has 1 atom stereocenters. The first-order valence-electron chi connectivity index (χ1n) is 6.79. The summed E-state index contributed by atoms with van der Waals surface area (Å²) in [4.78, 5) is 23.5. The predicted octanol–water partition coefficient (Wildman–Crippen LogP) is 2.09. The third kappa shape index (κ3) is 4.95. The molecule has 21 heavy (non-hydrogen) atoms. The standard InChI is InChI=1S/C16H21NO4/c1-3-21-11-7-10-17-14(18)12-16(2,15(19)20)13-8-5-4-6-9-13/h3-6,8-9H,1,7,10-12H2,2H3,(H,17,18)(H,19,20). The van der Waals surface area contributed by atoms with Crippen LogP contribution in [0.4, 0.5) is 0 Å². The molecule has 1 aromatic carbocycles. The molecule has 2 N–H and O–H groups in total. The van der Waals surface area contributed by atoms with Gasteiger partial charge in [-0.05, 0) is 18.9 Å². The molecule has 1 unspecified atom stereocenters. The second-order valence-corrected chi connectivity index (χ2v) is 4.92. The maximum absolute atomic E-state index is 11.9. The van der Waals surface area contributed by atoms with Crippen molar-refractivity contribution in [3.8, 4) is 0 Å². The normalized spacial score (nSPS) is 13.0. The molecule has 0 saturated heterocycles. The highest BCUT2D eigenvalue weighted by molar-refractivity contribution is 5.89. The van der Waals surface area contributed by atoms with E-state index in [1.54, 1.807) is 31.2 Å². The zero-order valence-corrected chi connectivity index (χ0v) is 12.2. The lowest BCUT2D eigenvalue weighted by atomic mass is 9.79. The molecule has 5 nitrogen and oxygen atoms in total. The highest BCUT2D eigenvalue weighted by Crippen LogP contribution is 2.27. The molecule has 0 saturated carbocycles. The molecule has 5 heteroatoms. The number of amides is 1. The zero-order valence-electron chi connectivity index (χ0n) is 12.2. The van der Waals surface area contributed by atoms with Crippen molar-refractivity contribution in [1.82, 2.24) is 5.32 Å². The Labute approximate surface area is 124 Å². The van der Waals surface area contributed by atoms with Crippen LogP contribution >= 0.6 is 0 Å². The summed E-state index contributed by atoms with van der Waals surface area (Å²) in [7, 11) is 0. The zero-order chi connectivity index (χ0) is 15.7. The van der Waals surface area contributed by atoms with Gasteiger partial charge in [0.15, 0.2) is 0 Å². The number of carboxylic acid groups (broad SMARTS) is 1. The number of rotatable bonds is 9.